The third-order valence-corrected chi connectivity index (χ3v) is 6.65. The predicted octanol–water partition coefficient (Wildman–Crippen LogP) is 2.76. The Morgan fingerprint density at radius 2 is 2.00 bits per heavy atom. The van der Waals surface area contributed by atoms with E-state index in [4.69, 9.17) is 9.15 Å². The lowest BCUT2D eigenvalue weighted by Crippen LogP contribution is -2.48. The van der Waals surface area contributed by atoms with Crippen LogP contribution < -0.4 is 5.32 Å². The fraction of sp³-hybridized carbons (Fsp3) is 0.524. The van der Waals surface area contributed by atoms with E-state index >= 15 is 0 Å². The zero-order valence-corrected chi connectivity index (χ0v) is 17.6. The van der Waals surface area contributed by atoms with Crippen molar-refractivity contribution in [3.8, 4) is 0 Å². The molecular weight excluding hydrogens is 390 g/mol. The van der Waals surface area contributed by atoms with Gasteiger partial charge in [0.15, 0.2) is 0 Å². The summed E-state index contributed by atoms with van der Waals surface area (Å²) in [7, 11) is 0. The predicted molar refractivity (Wildman–Crippen MR) is 111 cm³/mol. The number of furan rings is 1. The summed E-state index contributed by atoms with van der Waals surface area (Å²) in [6, 6.07) is 3.89. The number of hydrogen-bond donors (Lipinski definition) is 1. The molecule has 4 rings (SSSR count). The first kappa shape index (κ1) is 20.1. The maximum absolute atomic E-state index is 12.7. The highest BCUT2D eigenvalue weighted by molar-refractivity contribution is 7.17. The number of esters is 1. The highest BCUT2D eigenvalue weighted by Crippen LogP contribution is 2.39. The Balaban J connectivity index is 1.32. The van der Waals surface area contributed by atoms with E-state index in [0.29, 0.717) is 23.7 Å². The molecule has 1 aliphatic heterocycles. The van der Waals surface area contributed by atoms with Gasteiger partial charge >= 0.3 is 5.97 Å². The van der Waals surface area contributed by atoms with Gasteiger partial charge in [-0.1, -0.05) is 0 Å². The SMILES string of the molecule is CCOC(=O)c1c(NC(=O)CN2CCN(Cc3ccco3)CC2)sc2c1CCC2. The number of carbonyl (C=O) groups excluding carboxylic acids is 2. The van der Waals surface area contributed by atoms with E-state index in [1.165, 1.54) is 16.2 Å². The minimum Gasteiger partial charge on any atom is -0.468 e. The van der Waals surface area contributed by atoms with Gasteiger partial charge in [-0.3, -0.25) is 14.6 Å². The Labute approximate surface area is 174 Å². The maximum Gasteiger partial charge on any atom is 0.341 e. The van der Waals surface area contributed by atoms with Crippen LogP contribution in [0.2, 0.25) is 0 Å². The lowest BCUT2D eigenvalue weighted by atomic mass is 10.1. The van der Waals surface area contributed by atoms with E-state index < -0.39 is 0 Å². The van der Waals surface area contributed by atoms with Gasteiger partial charge in [0.05, 0.1) is 31.5 Å². The number of amides is 1. The van der Waals surface area contributed by atoms with Crippen LogP contribution in [0.5, 0.6) is 0 Å². The lowest BCUT2D eigenvalue weighted by molar-refractivity contribution is -0.117. The van der Waals surface area contributed by atoms with E-state index in [9.17, 15) is 9.59 Å². The van der Waals surface area contributed by atoms with Crippen LogP contribution in [0, 0.1) is 0 Å². The number of carbonyl (C=O) groups is 2. The van der Waals surface area contributed by atoms with Crippen molar-refractivity contribution < 1.29 is 18.7 Å². The van der Waals surface area contributed by atoms with Crippen LogP contribution in [0.1, 0.15) is 39.9 Å². The van der Waals surface area contributed by atoms with E-state index in [0.717, 1.165) is 63.3 Å². The van der Waals surface area contributed by atoms with Crippen LogP contribution in [0.3, 0.4) is 0 Å². The lowest BCUT2D eigenvalue weighted by Gasteiger charge is -2.33. The highest BCUT2D eigenvalue weighted by atomic mass is 32.1. The molecule has 0 aromatic carbocycles. The molecular formula is C21H27N3O4S. The van der Waals surface area contributed by atoms with Crippen LogP contribution in [0.25, 0.3) is 0 Å². The molecule has 1 fully saturated rings. The van der Waals surface area contributed by atoms with Crippen molar-refractivity contribution in [2.75, 3.05) is 44.6 Å². The molecule has 0 unspecified atom stereocenters. The molecule has 1 saturated heterocycles. The van der Waals surface area contributed by atoms with Crippen molar-refractivity contribution in [2.45, 2.75) is 32.7 Å². The molecule has 0 atom stereocenters. The van der Waals surface area contributed by atoms with Gasteiger partial charge in [-0.05, 0) is 43.9 Å². The summed E-state index contributed by atoms with van der Waals surface area (Å²) in [6.45, 7) is 6.73. The molecule has 0 spiro atoms. The standard InChI is InChI=1S/C21H27N3O4S/c1-2-27-21(26)19-16-6-3-7-17(16)29-20(19)22-18(25)14-24-10-8-23(9-11-24)13-15-5-4-12-28-15/h4-5,12H,2-3,6-11,13-14H2,1H3,(H,22,25). The second kappa shape index (κ2) is 9.11. The average molecular weight is 418 g/mol. The average Bonchev–Trinajstić information content (AvgIpc) is 3.41. The molecule has 2 aliphatic rings. The van der Waals surface area contributed by atoms with E-state index in [-0.39, 0.29) is 11.9 Å². The Morgan fingerprint density at radius 3 is 2.72 bits per heavy atom. The van der Waals surface area contributed by atoms with Gasteiger partial charge in [0.2, 0.25) is 5.91 Å². The van der Waals surface area contributed by atoms with Crippen LogP contribution in [-0.4, -0.2) is 61.0 Å². The van der Waals surface area contributed by atoms with Gasteiger partial charge in [-0.25, -0.2) is 4.79 Å². The number of anilines is 1. The molecule has 0 bridgehead atoms. The molecule has 0 saturated carbocycles. The first-order valence-corrected chi connectivity index (χ1v) is 11.0. The van der Waals surface area contributed by atoms with Gasteiger partial charge in [0, 0.05) is 31.1 Å². The topological polar surface area (TPSA) is 75.0 Å². The first-order valence-electron chi connectivity index (χ1n) is 10.2. The summed E-state index contributed by atoms with van der Waals surface area (Å²) in [5, 5.41) is 3.63. The number of hydrogen-bond acceptors (Lipinski definition) is 7. The first-order chi connectivity index (χ1) is 14.1. The van der Waals surface area contributed by atoms with Gasteiger partial charge in [-0.15, -0.1) is 11.3 Å². The van der Waals surface area contributed by atoms with E-state index in [1.807, 2.05) is 12.1 Å². The van der Waals surface area contributed by atoms with Crippen molar-refractivity contribution in [2.24, 2.45) is 0 Å². The maximum atomic E-state index is 12.7. The number of thiophene rings is 1. The smallest absolute Gasteiger partial charge is 0.341 e. The minimum atomic E-state index is -0.325. The highest BCUT2D eigenvalue weighted by Gasteiger charge is 2.29. The van der Waals surface area contributed by atoms with Crippen LogP contribution in [0.15, 0.2) is 22.8 Å². The van der Waals surface area contributed by atoms with Crippen molar-refractivity contribution in [1.82, 2.24) is 9.80 Å². The number of ether oxygens (including phenoxy) is 1. The largest absolute Gasteiger partial charge is 0.468 e. The zero-order chi connectivity index (χ0) is 20.2. The molecule has 1 N–H and O–H groups in total. The molecule has 2 aromatic heterocycles. The molecule has 29 heavy (non-hydrogen) atoms. The molecule has 3 heterocycles. The summed E-state index contributed by atoms with van der Waals surface area (Å²) < 4.78 is 10.6. The Morgan fingerprint density at radius 1 is 1.21 bits per heavy atom. The zero-order valence-electron chi connectivity index (χ0n) is 16.7. The third-order valence-electron chi connectivity index (χ3n) is 5.45. The molecule has 156 valence electrons. The van der Waals surface area contributed by atoms with Gasteiger partial charge in [-0.2, -0.15) is 0 Å². The summed E-state index contributed by atoms with van der Waals surface area (Å²) >= 11 is 1.53. The number of nitrogens with zero attached hydrogens (tertiary/aromatic N) is 2. The second-order valence-corrected chi connectivity index (χ2v) is 8.57. The molecule has 1 aliphatic carbocycles. The van der Waals surface area contributed by atoms with Crippen molar-refractivity contribution in [3.05, 3.63) is 40.2 Å². The number of piperazine rings is 1. The van der Waals surface area contributed by atoms with E-state index in [2.05, 4.69) is 15.1 Å². The minimum absolute atomic E-state index is 0.0741. The number of rotatable bonds is 7. The Bertz CT molecular complexity index is 854. The molecule has 2 aromatic rings. The fourth-order valence-electron chi connectivity index (χ4n) is 4.01. The number of aryl methyl sites for hydroxylation is 1. The quantitative estimate of drug-likeness (QED) is 0.699. The van der Waals surface area contributed by atoms with Crippen LogP contribution in [0.4, 0.5) is 5.00 Å². The van der Waals surface area contributed by atoms with Gasteiger partial charge < -0.3 is 14.5 Å². The Kier molecular flexibility index (Phi) is 6.32. The molecule has 1 amide bonds. The van der Waals surface area contributed by atoms with Gasteiger partial charge in [0.25, 0.3) is 0 Å². The van der Waals surface area contributed by atoms with Crippen molar-refractivity contribution in [1.29, 1.82) is 0 Å². The summed E-state index contributed by atoms with van der Waals surface area (Å²) in [6.07, 6.45) is 4.61. The van der Waals surface area contributed by atoms with Crippen LogP contribution >= 0.6 is 11.3 Å². The summed E-state index contributed by atoms with van der Waals surface area (Å²) in [4.78, 5) is 30.8. The molecule has 0 radical (unpaired) electrons. The molecule has 8 heteroatoms. The molecule has 7 nitrogen and oxygen atoms in total. The van der Waals surface area contributed by atoms with Gasteiger partial charge in [0.1, 0.15) is 10.8 Å². The second-order valence-electron chi connectivity index (χ2n) is 7.46. The monoisotopic (exact) mass is 417 g/mol. The third kappa shape index (κ3) is 4.71. The summed E-state index contributed by atoms with van der Waals surface area (Å²) in [5.41, 5.74) is 1.64. The fourth-order valence-corrected chi connectivity index (χ4v) is 5.30. The Hall–Kier alpha value is -2.16. The van der Waals surface area contributed by atoms with Crippen LogP contribution in [-0.2, 0) is 28.9 Å². The number of fused-ring (bicyclic) bond motifs is 1. The van der Waals surface area contributed by atoms with E-state index in [1.54, 1.807) is 13.2 Å². The number of nitrogens with one attached hydrogen (secondary N) is 1. The normalized spacial score (nSPS) is 17.3. The van der Waals surface area contributed by atoms with Crippen molar-refractivity contribution in [3.63, 3.8) is 0 Å². The van der Waals surface area contributed by atoms with Crippen molar-refractivity contribution >= 4 is 28.2 Å². The summed E-state index contributed by atoms with van der Waals surface area (Å²) in [5.74, 6) is 0.567.